The quantitative estimate of drug-likeness (QED) is 0.878. The number of anilines is 1. The Bertz CT molecular complexity index is 746. The fourth-order valence-electron chi connectivity index (χ4n) is 1.82. The number of esters is 1. The van der Waals surface area contributed by atoms with Crippen molar-refractivity contribution in [2.45, 2.75) is 20.0 Å². The van der Waals surface area contributed by atoms with E-state index in [9.17, 15) is 18.4 Å². The molecule has 2 aromatic rings. The predicted molar refractivity (Wildman–Crippen MR) is 81.0 cm³/mol. The monoisotopic (exact) mass is 319 g/mol. The lowest BCUT2D eigenvalue weighted by molar-refractivity contribution is -0.123. The summed E-state index contributed by atoms with van der Waals surface area (Å²) in [6.45, 7) is 2.94. The summed E-state index contributed by atoms with van der Waals surface area (Å²) in [6.07, 6.45) is -1.16. The number of carbonyl (C=O) groups excluding carboxylic acids is 2. The summed E-state index contributed by atoms with van der Waals surface area (Å²) < 4.78 is 31.8. The first kappa shape index (κ1) is 16.6. The van der Waals surface area contributed by atoms with Crippen LogP contribution in [0, 0.1) is 18.6 Å². The average molecular weight is 319 g/mol. The van der Waals surface area contributed by atoms with Gasteiger partial charge in [0.1, 0.15) is 11.6 Å². The third-order valence-electron chi connectivity index (χ3n) is 3.19. The van der Waals surface area contributed by atoms with Crippen LogP contribution in [0.5, 0.6) is 0 Å². The van der Waals surface area contributed by atoms with Gasteiger partial charge in [-0.3, -0.25) is 4.79 Å². The first-order valence-electron chi connectivity index (χ1n) is 6.91. The van der Waals surface area contributed by atoms with Gasteiger partial charge in [-0.2, -0.15) is 0 Å². The first-order valence-corrected chi connectivity index (χ1v) is 6.91. The van der Waals surface area contributed by atoms with Gasteiger partial charge >= 0.3 is 5.97 Å². The zero-order valence-corrected chi connectivity index (χ0v) is 12.6. The SMILES string of the molecule is Cc1ccc(NC(=O)C(C)OC(=O)c2ccccc2F)cc1F. The molecule has 1 atom stereocenters. The molecule has 6 heteroatoms. The molecule has 0 aromatic heterocycles. The van der Waals surface area contributed by atoms with E-state index in [1.165, 1.54) is 43.3 Å². The minimum atomic E-state index is -1.16. The van der Waals surface area contributed by atoms with Crippen molar-refractivity contribution in [1.82, 2.24) is 0 Å². The first-order chi connectivity index (χ1) is 10.9. The van der Waals surface area contributed by atoms with Gasteiger partial charge in [0.2, 0.25) is 0 Å². The minimum Gasteiger partial charge on any atom is -0.449 e. The van der Waals surface area contributed by atoms with Crippen LogP contribution < -0.4 is 5.32 Å². The van der Waals surface area contributed by atoms with E-state index in [4.69, 9.17) is 4.74 Å². The molecule has 0 spiro atoms. The highest BCUT2D eigenvalue weighted by Gasteiger charge is 2.21. The van der Waals surface area contributed by atoms with Crippen molar-refractivity contribution >= 4 is 17.6 Å². The van der Waals surface area contributed by atoms with Gasteiger partial charge < -0.3 is 10.1 Å². The van der Waals surface area contributed by atoms with Crippen molar-refractivity contribution in [1.29, 1.82) is 0 Å². The number of halogens is 2. The minimum absolute atomic E-state index is 0.242. The summed E-state index contributed by atoms with van der Waals surface area (Å²) in [6, 6.07) is 9.52. The highest BCUT2D eigenvalue weighted by Crippen LogP contribution is 2.15. The number of carbonyl (C=O) groups is 2. The van der Waals surface area contributed by atoms with Crippen LogP contribution >= 0.6 is 0 Å². The van der Waals surface area contributed by atoms with Crippen LogP contribution in [0.2, 0.25) is 0 Å². The zero-order valence-electron chi connectivity index (χ0n) is 12.6. The van der Waals surface area contributed by atoms with Crippen LogP contribution in [0.1, 0.15) is 22.8 Å². The summed E-state index contributed by atoms with van der Waals surface area (Å²) in [5, 5.41) is 2.43. The van der Waals surface area contributed by atoms with Crippen LogP contribution in [-0.2, 0) is 9.53 Å². The van der Waals surface area contributed by atoms with E-state index in [0.29, 0.717) is 5.56 Å². The lowest BCUT2D eigenvalue weighted by Gasteiger charge is -2.14. The molecular formula is C17H15F2NO3. The van der Waals surface area contributed by atoms with Gasteiger partial charge in [-0.25, -0.2) is 13.6 Å². The molecule has 0 saturated heterocycles. The molecule has 1 amide bonds. The van der Waals surface area contributed by atoms with Crippen molar-refractivity contribution in [3.63, 3.8) is 0 Å². The number of ether oxygens (including phenoxy) is 1. The molecule has 0 fully saturated rings. The van der Waals surface area contributed by atoms with Gasteiger partial charge in [0.25, 0.3) is 5.91 Å². The second-order valence-electron chi connectivity index (χ2n) is 4.98. The van der Waals surface area contributed by atoms with Crippen molar-refractivity contribution < 1.29 is 23.1 Å². The van der Waals surface area contributed by atoms with Gasteiger partial charge in [-0.05, 0) is 43.7 Å². The summed E-state index contributed by atoms with van der Waals surface area (Å²) >= 11 is 0. The molecule has 0 heterocycles. The maximum absolute atomic E-state index is 13.5. The Kier molecular flexibility index (Phi) is 5.05. The Morgan fingerprint density at radius 2 is 1.78 bits per heavy atom. The standard InChI is InChI=1S/C17H15F2NO3/c1-10-7-8-12(9-15(10)19)20-16(21)11(2)23-17(22)13-5-3-4-6-14(13)18/h3-9,11H,1-2H3,(H,20,21). The highest BCUT2D eigenvalue weighted by atomic mass is 19.1. The second kappa shape index (κ2) is 7.00. The van der Waals surface area contributed by atoms with Gasteiger partial charge in [-0.15, -0.1) is 0 Å². The molecule has 120 valence electrons. The Balaban J connectivity index is 2.01. The van der Waals surface area contributed by atoms with E-state index < -0.39 is 29.6 Å². The number of benzene rings is 2. The molecule has 0 aliphatic heterocycles. The second-order valence-corrected chi connectivity index (χ2v) is 4.98. The van der Waals surface area contributed by atoms with Crippen LogP contribution in [-0.4, -0.2) is 18.0 Å². The predicted octanol–water partition coefficient (Wildman–Crippen LogP) is 3.46. The summed E-state index contributed by atoms with van der Waals surface area (Å²) in [5.74, 6) is -2.77. The summed E-state index contributed by atoms with van der Waals surface area (Å²) in [7, 11) is 0. The molecular weight excluding hydrogens is 304 g/mol. The number of nitrogens with one attached hydrogen (secondary N) is 1. The largest absolute Gasteiger partial charge is 0.449 e. The zero-order chi connectivity index (χ0) is 17.0. The molecule has 2 aromatic carbocycles. The van der Waals surface area contributed by atoms with E-state index in [-0.39, 0.29) is 11.3 Å². The van der Waals surface area contributed by atoms with E-state index in [1.54, 1.807) is 6.92 Å². The number of hydrogen-bond acceptors (Lipinski definition) is 3. The van der Waals surface area contributed by atoms with Crippen LogP contribution in [0.25, 0.3) is 0 Å². The number of amides is 1. The third-order valence-corrected chi connectivity index (χ3v) is 3.19. The molecule has 2 rings (SSSR count). The van der Waals surface area contributed by atoms with Crippen LogP contribution in [0.4, 0.5) is 14.5 Å². The topological polar surface area (TPSA) is 55.4 Å². The van der Waals surface area contributed by atoms with Gasteiger partial charge in [-0.1, -0.05) is 18.2 Å². The summed E-state index contributed by atoms with van der Waals surface area (Å²) in [4.78, 5) is 23.8. The van der Waals surface area contributed by atoms with Gasteiger partial charge in [0, 0.05) is 5.69 Å². The molecule has 0 bridgehead atoms. The maximum atomic E-state index is 13.5. The number of hydrogen-bond donors (Lipinski definition) is 1. The summed E-state index contributed by atoms with van der Waals surface area (Å²) in [5.41, 5.74) is 0.433. The fourth-order valence-corrected chi connectivity index (χ4v) is 1.82. The van der Waals surface area contributed by atoms with Gasteiger partial charge in [0.15, 0.2) is 6.10 Å². The van der Waals surface area contributed by atoms with E-state index in [1.807, 2.05) is 0 Å². The molecule has 1 unspecified atom stereocenters. The molecule has 23 heavy (non-hydrogen) atoms. The molecule has 1 N–H and O–H groups in total. The van der Waals surface area contributed by atoms with Crippen molar-refractivity contribution in [3.05, 3.63) is 65.2 Å². The molecule has 0 radical (unpaired) electrons. The Labute approximate surface area is 132 Å². The normalized spacial score (nSPS) is 11.7. The van der Waals surface area contributed by atoms with E-state index in [2.05, 4.69) is 5.32 Å². The molecule has 0 aliphatic carbocycles. The Morgan fingerprint density at radius 3 is 2.43 bits per heavy atom. The number of rotatable bonds is 4. The van der Waals surface area contributed by atoms with Crippen molar-refractivity contribution in [2.75, 3.05) is 5.32 Å². The molecule has 0 saturated carbocycles. The fraction of sp³-hybridized carbons (Fsp3) is 0.176. The van der Waals surface area contributed by atoms with Crippen LogP contribution in [0.15, 0.2) is 42.5 Å². The number of aryl methyl sites for hydroxylation is 1. The lowest BCUT2D eigenvalue weighted by atomic mass is 10.2. The molecule has 0 aliphatic rings. The Morgan fingerprint density at radius 1 is 1.09 bits per heavy atom. The third kappa shape index (κ3) is 4.12. The van der Waals surface area contributed by atoms with E-state index >= 15 is 0 Å². The molecule has 4 nitrogen and oxygen atoms in total. The lowest BCUT2D eigenvalue weighted by Crippen LogP contribution is -2.30. The Hall–Kier alpha value is -2.76. The van der Waals surface area contributed by atoms with E-state index in [0.717, 1.165) is 6.07 Å². The van der Waals surface area contributed by atoms with Gasteiger partial charge in [0.05, 0.1) is 5.56 Å². The van der Waals surface area contributed by atoms with Crippen molar-refractivity contribution in [2.24, 2.45) is 0 Å². The van der Waals surface area contributed by atoms with Crippen molar-refractivity contribution in [3.8, 4) is 0 Å². The highest BCUT2D eigenvalue weighted by molar-refractivity contribution is 5.97. The van der Waals surface area contributed by atoms with Crippen LogP contribution in [0.3, 0.4) is 0 Å². The maximum Gasteiger partial charge on any atom is 0.341 e. The smallest absolute Gasteiger partial charge is 0.341 e. The average Bonchev–Trinajstić information content (AvgIpc) is 2.51.